The molecule has 0 aliphatic rings. The molecular weight excluding hydrogens is 228 g/mol. The Kier molecular flexibility index (Phi) is 3.81. The summed E-state index contributed by atoms with van der Waals surface area (Å²) >= 11 is 0. The molecule has 2 atom stereocenters. The molecule has 0 aliphatic heterocycles. The van der Waals surface area contributed by atoms with Crippen molar-refractivity contribution in [2.45, 2.75) is 33.3 Å². The molecule has 0 radical (unpaired) electrons. The Bertz CT molecular complexity index is 521. The van der Waals surface area contributed by atoms with Gasteiger partial charge in [0.05, 0.1) is 11.8 Å². The van der Waals surface area contributed by atoms with E-state index in [9.17, 15) is 5.11 Å². The van der Waals surface area contributed by atoms with E-state index in [1.807, 2.05) is 30.6 Å². The second-order valence-corrected chi connectivity index (χ2v) is 4.96. The number of aryl methyl sites for hydroxylation is 1. The number of nitrogens with one attached hydrogen (secondary N) is 1. The van der Waals surface area contributed by atoms with Crippen LogP contribution < -0.4 is 5.32 Å². The maximum absolute atomic E-state index is 9.34. The highest BCUT2D eigenvalue weighted by molar-refractivity contribution is 5.67. The Balaban J connectivity index is 2.07. The molecule has 5 heteroatoms. The Morgan fingerprint density at radius 1 is 1.44 bits per heavy atom. The fourth-order valence-electron chi connectivity index (χ4n) is 2.12. The number of fused-ring (bicyclic) bond motifs is 1. The van der Waals surface area contributed by atoms with Gasteiger partial charge in [-0.2, -0.15) is 5.10 Å². The topological polar surface area (TPSA) is 62.5 Å². The third-order valence-corrected chi connectivity index (χ3v) is 2.87. The van der Waals surface area contributed by atoms with Crippen LogP contribution in [-0.4, -0.2) is 32.4 Å². The lowest BCUT2D eigenvalue weighted by Crippen LogP contribution is -2.17. The second-order valence-electron chi connectivity index (χ2n) is 4.96. The average molecular weight is 248 g/mol. The highest BCUT2D eigenvalue weighted by Gasteiger charge is 2.09. The smallest absolute Gasteiger partial charge is 0.152 e. The number of nitrogens with zero attached hydrogens (tertiary/aromatic N) is 3. The summed E-state index contributed by atoms with van der Waals surface area (Å²) in [5.74, 6) is 1.24. The largest absolute Gasteiger partial charge is 0.393 e. The van der Waals surface area contributed by atoms with Crippen LogP contribution in [0.1, 0.15) is 26.0 Å². The van der Waals surface area contributed by atoms with Crippen LogP contribution in [0.5, 0.6) is 0 Å². The van der Waals surface area contributed by atoms with Gasteiger partial charge >= 0.3 is 0 Å². The van der Waals surface area contributed by atoms with Crippen LogP contribution in [0.25, 0.3) is 5.52 Å². The second kappa shape index (κ2) is 5.35. The lowest BCUT2D eigenvalue weighted by molar-refractivity contribution is 0.166. The van der Waals surface area contributed by atoms with Crippen molar-refractivity contribution in [3.05, 3.63) is 24.2 Å². The van der Waals surface area contributed by atoms with Crippen molar-refractivity contribution in [2.24, 2.45) is 5.92 Å². The number of rotatable bonds is 5. The first-order valence-electron chi connectivity index (χ1n) is 6.29. The average Bonchev–Trinajstić information content (AvgIpc) is 2.66. The van der Waals surface area contributed by atoms with E-state index in [-0.39, 0.29) is 6.10 Å². The van der Waals surface area contributed by atoms with Crippen molar-refractivity contribution in [3.8, 4) is 0 Å². The maximum Gasteiger partial charge on any atom is 0.152 e. The molecule has 5 nitrogen and oxygen atoms in total. The van der Waals surface area contributed by atoms with Crippen molar-refractivity contribution >= 4 is 11.3 Å². The van der Waals surface area contributed by atoms with Gasteiger partial charge in [0, 0.05) is 18.9 Å². The Morgan fingerprint density at radius 2 is 2.22 bits per heavy atom. The van der Waals surface area contributed by atoms with Crippen molar-refractivity contribution in [3.63, 3.8) is 0 Å². The minimum Gasteiger partial charge on any atom is -0.393 e. The molecule has 2 rings (SSSR count). The summed E-state index contributed by atoms with van der Waals surface area (Å²) in [5, 5.41) is 17.0. The summed E-state index contributed by atoms with van der Waals surface area (Å²) in [4.78, 5) is 4.34. The van der Waals surface area contributed by atoms with E-state index in [1.165, 1.54) is 0 Å². The molecule has 0 spiro atoms. The third kappa shape index (κ3) is 2.98. The number of aromatic nitrogens is 3. The number of hydrogen-bond donors (Lipinski definition) is 2. The van der Waals surface area contributed by atoms with Gasteiger partial charge in [0.2, 0.25) is 0 Å². The first-order valence-corrected chi connectivity index (χ1v) is 6.29. The monoisotopic (exact) mass is 248 g/mol. The molecule has 2 N–H and O–H groups in total. The summed E-state index contributed by atoms with van der Waals surface area (Å²) < 4.78 is 1.82. The summed E-state index contributed by atoms with van der Waals surface area (Å²) in [7, 11) is 0. The molecule has 0 aliphatic carbocycles. The van der Waals surface area contributed by atoms with Crippen molar-refractivity contribution < 1.29 is 5.11 Å². The third-order valence-electron chi connectivity index (χ3n) is 2.87. The summed E-state index contributed by atoms with van der Waals surface area (Å²) in [6.07, 6.45) is 4.10. The number of hydrogen-bond acceptors (Lipinski definition) is 4. The van der Waals surface area contributed by atoms with Crippen molar-refractivity contribution in [1.29, 1.82) is 0 Å². The lowest BCUT2D eigenvalue weighted by Gasteiger charge is -2.14. The fraction of sp³-hybridized carbons (Fsp3) is 0.538. The summed E-state index contributed by atoms with van der Waals surface area (Å²) in [6.45, 7) is 6.69. The highest BCUT2D eigenvalue weighted by atomic mass is 16.3. The maximum atomic E-state index is 9.34. The highest BCUT2D eigenvalue weighted by Crippen LogP contribution is 2.15. The van der Waals surface area contributed by atoms with Crippen LogP contribution in [0.4, 0.5) is 5.82 Å². The zero-order chi connectivity index (χ0) is 13.1. The van der Waals surface area contributed by atoms with Gasteiger partial charge < -0.3 is 10.4 Å². The van der Waals surface area contributed by atoms with Gasteiger partial charge in [0.1, 0.15) is 5.52 Å². The Morgan fingerprint density at radius 3 is 2.94 bits per heavy atom. The molecule has 2 heterocycles. The van der Waals surface area contributed by atoms with Crippen LogP contribution >= 0.6 is 0 Å². The summed E-state index contributed by atoms with van der Waals surface area (Å²) in [6, 6.07) is 2.01. The lowest BCUT2D eigenvalue weighted by atomic mass is 10.1. The van der Waals surface area contributed by atoms with Crippen LogP contribution in [0.3, 0.4) is 0 Å². The standard InChI is InChI=1S/C13H20N4O/c1-9(6-11(3)18)8-15-13-12-7-10(2)16-17(12)5-4-14-13/h4-5,7,9,11,18H,6,8H2,1-3H3,(H,14,15). The number of aliphatic hydroxyl groups excluding tert-OH is 1. The minimum atomic E-state index is -0.261. The van der Waals surface area contributed by atoms with Gasteiger partial charge in [-0.05, 0) is 32.3 Å². The van der Waals surface area contributed by atoms with E-state index in [1.54, 1.807) is 6.20 Å². The quantitative estimate of drug-likeness (QED) is 0.847. The predicted octanol–water partition coefficient (Wildman–Crippen LogP) is 1.86. The normalized spacial score (nSPS) is 14.7. The van der Waals surface area contributed by atoms with E-state index >= 15 is 0 Å². The zero-order valence-electron chi connectivity index (χ0n) is 11.1. The molecule has 0 bridgehead atoms. The Hall–Kier alpha value is -1.62. The van der Waals surface area contributed by atoms with Crippen molar-refractivity contribution in [1.82, 2.24) is 14.6 Å². The molecule has 0 amide bonds. The van der Waals surface area contributed by atoms with Gasteiger partial charge in [-0.1, -0.05) is 6.92 Å². The molecule has 98 valence electrons. The number of aliphatic hydroxyl groups is 1. The van der Waals surface area contributed by atoms with Gasteiger partial charge in [-0.25, -0.2) is 9.50 Å². The van der Waals surface area contributed by atoms with Crippen LogP contribution in [0, 0.1) is 12.8 Å². The number of anilines is 1. The molecule has 0 aromatic carbocycles. The zero-order valence-corrected chi connectivity index (χ0v) is 11.1. The van der Waals surface area contributed by atoms with Crippen LogP contribution in [0.2, 0.25) is 0 Å². The van der Waals surface area contributed by atoms with Gasteiger partial charge in [0.25, 0.3) is 0 Å². The molecule has 2 aromatic rings. The van der Waals surface area contributed by atoms with Crippen molar-refractivity contribution in [2.75, 3.05) is 11.9 Å². The van der Waals surface area contributed by atoms with E-state index in [0.29, 0.717) is 5.92 Å². The van der Waals surface area contributed by atoms with E-state index in [2.05, 4.69) is 22.3 Å². The predicted molar refractivity (Wildman–Crippen MR) is 71.7 cm³/mol. The fourth-order valence-corrected chi connectivity index (χ4v) is 2.12. The van der Waals surface area contributed by atoms with Gasteiger partial charge in [-0.15, -0.1) is 0 Å². The SMILES string of the molecule is Cc1cc2c(NCC(C)CC(C)O)nccn2n1. The minimum absolute atomic E-state index is 0.261. The molecule has 0 saturated carbocycles. The van der Waals surface area contributed by atoms with Gasteiger partial charge in [0.15, 0.2) is 5.82 Å². The van der Waals surface area contributed by atoms with Crippen LogP contribution in [0.15, 0.2) is 18.5 Å². The molecule has 0 fully saturated rings. The van der Waals surface area contributed by atoms with Gasteiger partial charge in [-0.3, -0.25) is 0 Å². The molecule has 0 saturated heterocycles. The first-order chi connectivity index (χ1) is 8.56. The molecular formula is C13H20N4O. The first kappa shape index (κ1) is 12.8. The Labute approximate surface area is 107 Å². The van der Waals surface area contributed by atoms with E-state index in [0.717, 1.165) is 30.0 Å². The van der Waals surface area contributed by atoms with Crippen LogP contribution in [-0.2, 0) is 0 Å². The summed E-state index contributed by atoms with van der Waals surface area (Å²) in [5.41, 5.74) is 1.96. The molecule has 2 aromatic heterocycles. The van der Waals surface area contributed by atoms with E-state index < -0.39 is 0 Å². The van der Waals surface area contributed by atoms with E-state index in [4.69, 9.17) is 0 Å². The molecule has 18 heavy (non-hydrogen) atoms. The molecule has 2 unspecified atom stereocenters.